The molecule has 2 aromatic rings. The molecule has 0 radical (unpaired) electrons. The van der Waals surface area contributed by atoms with E-state index in [0.717, 1.165) is 17.5 Å². The normalized spacial score (nSPS) is 14.7. The number of fused-ring (bicyclic) bond motifs is 1. The molecule has 0 unspecified atom stereocenters. The molecule has 1 aliphatic carbocycles. The van der Waals surface area contributed by atoms with Gasteiger partial charge in [0.15, 0.2) is 0 Å². The molecule has 0 fully saturated rings. The Morgan fingerprint density at radius 3 is 2.84 bits per heavy atom. The van der Waals surface area contributed by atoms with Crippen molar-refractivity contribution >= 4 is 28.0 Å². The van der Waals surface area contributed by atoms with E-state index in [4.69, 9.17) is 0 Å². The van der Waals surface area contributed by atoms with Crippen LogP contribution in [0.5, 0.6) is 0 Å². The average molecular weight is 293 g/mol. The number of aryl methyl sites for hydroxylation is 2. The first-order chi connectivity index (χ1) is 9.02. The minimum absolute atomic E-state index is 0.0283. The van der Waals surface area contributed by atoms with Gasteiger partial charge in [0.1, 0.15) is 5.82 Å². The van der Waals surface area contributed by atoms with Crippen molar-refractivity contribution in [2.75, 3.05) is 5.32 Å². The molecule has 1 N–H and O–H groups in total. The maximum absolute atomic E-state index is 4.56. The Morgan fingerprint density at radius 1 is 1.32 bits per heavy atom. The Labute approximate surface area is 122 Å². The van der Waals surface area contributed by atoms with Crippen LogP contribution in [0.1, 0.15) is 48.3 Å². The Balaban J connectivity index is 1.64. The lowest BCUT2D eigenvalue weighted by atomic mass is 9.96. The minimum atomic E-state index is 0.0283. The quantitative estimate of drug-likeness (QED) is 0.929. The lowest BCUT2D eigenvalue weighted by Crippen LogP contribution is -2.13. The summed E-state index contributed by atoms with van der Waals surface area (Å²) >= 11 is 3.41. The van der Waals surface area contributed by atoms with Crippen LogP contribution in [0.2, 0.25) is 0 Å². The molecule has 0 atom stereocenters. The molecular weight excluding hydrogens is 274 g/mol. The first-order valence-electron chi connectivity index (χ1n) is 6.71. The number of hydrogen-bond donors (Lipinski definition) is 1. The molecule has 1 aliphatic rings. The fourth-order valence-corrected chi connectivity index (χ4v) is 4.19. The maximum Gasteiger partial charge on any atom is 0.202 e. The van der Waals surface area contributed by atoms with E-state index >= 15 is 0 Å². The van der Waals surface area contributed by atoms with Gasteiger partial charge in [0.2, 0.25) is 5.13 Å². The summed E-state index contributed by atoms with van der Waals surface area (Å²) in [7, 11) is 0. The van der Waals surface area contributed by atoms with Gasteiger partial charge in [0, 0.05) is 26.7 Å². The van der Waals surface area contributed by atoms with Gasteiger partial charge in [0.05, 0.1) is 6.54 Å². The van der Waals surface area contributed by atoms with Crippen molar-refractivity contribution in [1.29, 1.82) is 0 Å². The summed E-state index contributed by atoms with van der Waals surface area (Å²) in [6.07, 6.45) is 3.87. The van der Waals surface area contributed by atoms with Crippen molar-refractivity contribution in [2.24, 2.45) is 0 Å². The van der Waals surface area contributed by atoms with Gasteiger partial charge < -0.3 is 5.32 Å². The van der Waals surface area contributed by atoms with E-state index in [1.54, 1.807) is 10.4 Å². The highest BCUT2D eigenvalue weighted by Gasteiger charge is 2.19. The third-order valence-electron chi connectivity index (χ3n) is 3.31. The Kier molecular flexibility index (Phi) is 3.35. The van der Waals surface area contributed by atoms with E-state index in [-0.39, 0.29) is 5.41 Å². The number of nitrogens with one attached hydrogen (secondary N) is 1. The van der Waals surface area contributed by atoms with Gasteiger partial charge in [-0.1, -0.05) is 20.8 Å². The van der Waals surface area contributed by atoms with Crippen LogP contribution in [-0.4, -0.2) is 9.36 Å². The second-order valence-electron chi connectivity index (χ2n) is 6.04. The average Bonchev–Trinajstić information content (AvgIpc) is 3.00. The second kappa shape index (κ2) is 4.87. The molecule has 0 bridgehead atoms. The fraction of sp³-hybridized carbons (Fsp3) is 0.571. The van der Waals surface area contributed by atoms with E-state index in [1.807, 2.05) is 11.3 Å². The summed E-state index contributed by atoms with van der Waals surface area (Å²) in [6.45, 7) is 7.30. The molecule has 2 aromatic heterocycles. The largest absolute Gasteiger partial charge is 0.355 e. The highest BCUT2D eigenvalue weighted by atomic mass is 32.1. The van der Waals surface area contributed by atoms with Crippen LogP contribution in [-0.2, 0) is 24.8 Å². The van der Waals surface area contributed by atoms with Gasteiger partial charge in [-0.2, -0.15) is 4.37 Å². The summed E-state index contributed by atoms with van der Waals surface area (Å²) in [4.78, 5) is 7.56. The van der Waals surface area contributed by atoms with Crippen molar-refractivity contribution in [3.05, 3.63) is 27.2 Å². The van der Waals surface area contributed by atoms with Crippen LogP contribution in [0.25, 0.3) is 0 Å². The number of thiophene rings is 1. The molecule has 0 saturated heterocycles. The molecule has 0 saturated carbocycles. The lowest BCUT2D eigenvalue weighted by molar-refractivity contribution is 0.555. The molecule has 0 amide bonds. The third-order valence-corrected chi connectivity index (χ3v) is 5.22. The van der Waals surface area contributed by atoms with E-state index in [1.165, 1.54) is 35.7 Å². The summed E-state index contributed by atoms with van der Waals surface area (Å²) < 4.78 is 4.42. The van der Waals surface area contributed by atoms with Crippen LogP contribution in [0, 0.1) is 0 Å². The highest BCUT2D eigenvalue weighted by molar-refractivity contribution is 7.12. The molecule has 0 aliphatic heterocycles. The number of nitrogens with zero attached hydrogens (tertiary/aromatic N) is 2. The van der Waals surface area contributed by atoms with Crippen molar-refractivity contribution in [2.45, 2.75) is 52.0 Å². The number of rotatable bonds is 3. The molecule has 0 spiro atoms. The predicted molar refractivity (Wildman–Crippen MR) is 82.3 cm³/mol. The van der Waals surface area contributed by atoms with Crippen LogP contribution in [0.4, 0.5) is 5.13 Å². The van der Waals surface area contributed by atoms with Crippen molar-refractivity contribution in [3.63, 3.8) is 0 Å². The zero-order valence-electron chi connectivity index (χ0n) is 11.6. The SMILES string of the molecule is CC(C)(C)c1nsc(NCc2cc3c(s2)CCC3)n1. The Bertz CT molecular complexity index is 556. The zero-order chi connectivity index (χ0) is 13.5. The summed E-state index contributed by atoms with van der Waals surface area (Å²) in [6, 6.07) is 2.35. The molecule has 19 heavy (non-hydrogen) atoms. The standard InChI is InChI=1S/C14H19N3S2/c1-14(2,3)12-16-13(19-17-12)15-8-10-7-9-5-4-6-11(9)18-10/h7H,4-6,8H2,1-3H3,(H,15,16,17). The van der Waals surface area contributed by atoms with Gasteiger partial charge in [-0.3, -0.25) is 0 Å². The monoisotopic (exact) mass is 293 g/mol. The summed E-state index contributed by atoms with van der Waals surface area (Å²) in [5.41, 5.74) is 1.59. The summed E-state index contributed by atoms with van der Waals surface area (Å²) in [5.74, 6) is 0.925. The fourth-order valence-electron chi connectivity index (χ4n) is 2.24. The molecule has 3 rings (SSSR count). The van der Waals surface area contributed by atoms with E-state index in [2.05, 4.69) is 41.5 Å². The van der Waals surface area contributed by atoms with Crippen LogP contribution >= 0.6 is 22.9 Å². The van der Waals surface area contributed by atoms with Crippen molar-refractivity contribution in [1.82, 2.24) is 9.36 Å². The Hall–Kier alpha value is -0.940. The van der Waals surface area contributed by atoms with Crippen molar-refractivity contribution < 1.29 is 0 Å². The molecule has 2 heterocycles. The smallest absolute Gasteiger partial charge is 0.202 e. The molecule has 5 heteroatoms. The first kappa shape index (κ1) is 13.1. The van der Waals surface area contributed by atoms with Gasteiger partial charge in [-0.05, 0) is 30.9 Å². The zero-order valence-corrected chi connectivity index (χ0v) is 13.2. The first-order valence-corrected chi connectivity index (χ1v) is 8.30. The van der Waals surface area contributed by atoms with Crippen LogP contribution in [0.3, 0.4) is 0 Å². The van der Waals surface area contributed by atoms with E-state index < -0.39 is 0 Å². The summed E-state index contributed by atoms with van der Waals surface area (Å²) in [5, 5.41) is 4.33. The molecule has 3 nitrogen and oxygen atoms in total. The van der Waals surface area contributed by atoms with Gasteiger partial charge >= 0.3 is 0 Å². The maximum atomic E-state index is 4.56. The van der Waals surface area contributed by atoms with E-state index in [9.17, 15) is 0 Å². The molecule has 0 aromatic carbocycles. The minimum Gasteiger partial charge on any atom is -0.355 e. The van der Waals surface area contributed by atoms with E-state index in [0.29, 0.717) is 0 Å². The van der Waals surface area contributed by atoms with Crippen LogP contribution in [0.15, 0.2) is 6.07 Å². The van der Waals surface area contributed by atoms with Gasteiger partial charge in [0.25, 0.3) is 0 Å². The predicted octanol–water partition coefficient (Wildman–Crippen LogP) is 4.00. The van der Waals surface area contributed by atoms with Gasteiger partial charge in [-0.25, -0.2) is 4.98 Å². The topological polar surface area (TPSA) is 37.8 Å². The second-order valence-corrected chi connectivity index (χ2v) is 8.01. The number of hydrogen-bond acceptors (Lipinski definition) is 5. The molecular formula is C14H19N3S2. The highest BCUT2D eigenvalue weighted by Crippen LogP contribution is 2.31. The van der Waals surface area contributed by atoms with Crippen LogP contribution < -0.4 is 5.32 Å². The number of aromatic nitrogens is 2. The Morgan fingerprint density at radius 2 is 2.16 bits per heavy atom. The van der Waals surface area contributed by atoms with Gasteiger partial charge in [-0.15, -0.1) is 11.3 Å². The third kappa shape index (κ3) is 2.82. The van der Waals surface area contributed by atoms with Crippen molar-refractivity contribution in [3.8, 4) is 0 Å². The number of anilines is 1. The lowest BCUT2D eigenvalue weighted by Gasteiger charge is -2.12. The molecule has 102 valence electrons.